The van der Waals surface area contributed by atoms with E-state index in [2.05, 4.69) is 17.4 Å². The monoisotopic (exact) mass is 207 g/mol. The molecule has 0 radical (unpaired) electrons. The van der Waals surface area contributed by atoms with Crippen LogP contribution < -0.4 is 5.32 Å². The summed E-state index contributed by atoms with van der Waals surface area (Å²) in [7, 11) is 0. The highest BCUT2D eigenvalue weighted by atomic mass is 35.5. The van der Waals surface area contributed by atoms with Gasteiger partial charge in [-0.3, -0.25) is 0 Å². The molecule has 0 bridgehead atoms. The van der Waals surface area contributed by atoms with Crippen molar-refractivity contribution in [3.63, 3.8) is 0 Å². The number of hydrogen-bond acceptors (Lipinski definition) is 1. The number of hydrogen-bond donors (Lipinski definition) is 1. The van der Waals surface area contributed by atoms with E-state index in [1.807, 2.05) is 6.07 Å². The van der Waals surface area contributed by atoms with Crippen molar-refractivity contribution < 1.29 is 0 Å². The summed E-state index contributed by atoms with van der Waals surface area (Å²) >= 11 is 6.16. The molecule has 1 nitrogen and oxygen atoms in total. The van der Waals surface area contributed by atoms with Crippen LogP contribution >= 0.6 is 11.6 Å². The molecular formula is C12H14ClN. The molecule has 3 rings (SSSR count). The van der Waals surface area contributed by atoms with Crippen molar-refractivity contribution in [3.8, 4) is 0 Å². The maximum atomic E-state index is 6.16. The third kappa shape index (κ3) is 1.45. The van der Waals surface area contributed by atoms with Crippen molar-refractivity contribution in [2.75, 3.05) is 0 Å². The first-order valence-corrected chi connectivity index (χ1v) is 5.76. The summed E-state index contributed by atoms with van der Waals surface area (Å²) in [4.78, 5) is 0. The summed E-state index contributed by atoms with van der Waals surface area (Å²) in [5.74, 6) is 0. The lowest BCUT2D eigenvalue weighted by atomic mass is 10.1. The molecule has 14 heavy (non-hydrogen) atoms. The Morgan fingerprint density at radius 2 is 2.07 bits per heavy atom. The van der Waals surface area contributed by atoms with Crippen molar-refractivity contribution in [3.05, 3.63) is 34.3 Å². The fourth-order valence-corrected chi connectivity index (χ4v) is 2.59. The molecule has 74 valence electrons. The quantitative estimate of drug-likeness (QED) is 0.786. The second-order valence-corrected chi connectivity index (χ2v) is 4.75. The predicted molar refractivity (Wildman–Crippen MR) is 58.7 cm³/mol. The van der Waals surface area contributed by atoms with Crippen LogP contribution in [0.5, 0.6) is 0 Å². The van der Waals surface area contributed by atoms with Gasteiger partial charge in [0.25, 0.3) is 0 Å². The first kappa shape index (κ1) is 8.75. The lowest BCUT2D eigenvalue weighted by molar-refractivity contribution is 0.527. The molecule has 1 aromatic carbocycles. The van der Waals surface area contributed by atoms with Gasteiger partial charge in [-0.05, 0) is 42.9 Å². The van der Waals surface area contributed by atoms with Crippen molar-refractivity contribution >= 4 is 11.6 Å². The second-order valence-electron chi connectivity index (χ2n) is 4.34. The number of fused-ring (bicyclic) bond motifs is 1. The molecule has 2 aliphatic carbocycles. The molecule has 1 aromatic rings. The van der Waals surface area contributed by atoms with Crippen LogP contribution in [0.4, 0.5) is 0 Å². The van der Waals surface area contributed by atoms with Crippen molar-refractivity contribution in [2.45, 2.75) is 37.8 Å². The SMILES string of the molecule is Clc1cccc2c1CCC2NC1CC1. The third-order valence-corrected chi connectivity index (χ3v) is 3.58. The van der Waals surface area contributed by atoms with Gasteiger partial charge in [-0.25, -0.2) is 0 Å². The van der Waals surface area contributed by atoms with Crippen LogP contribution in [0.2, 0.25) is 5.02 Å². The Morgan fingerprint density at radius 1 is 1.21 bits per heavy atom. The fraction of sp³-hybridized carbons (Fsp3) is 0.500. The van der Waals surface area contributed by atoms with Gasteiger partial charge in [-0.2, -0.15) is 0 Å². The summed E-state index contributed by atoms with van der Waals surface area (Å²) < 4.78 is 0. The molecule has 2 heteroatoms. The molecule has 1 fully saturated rings. The van der Waals surface area contributed by atoms with Crippen LogP contribution in [0.1, 0.15) is 36.4 Å². The Balaban J connectivity index is 1.89. The number of rotatable bonds is 2. The Morgan fingerprint density at radius 3 is 2.86 bits per heavy atom. The predicted octanol–water partition coefficient (Wildman–Crippen LogP) is 3.08. The Kier molecular flexibility index (Phi) is 2.03. The van der Waals surface area contributed by atoms with Gasteiger partial charge in [-0.1, -0.05) is 23.7 Å². The number of halogens is 1. The minimum atomic E-state index is 0.566. The van der Waals surface area contributed by atoms with Crippen molar-refractivity contribution in [1.29, 1.82) is 0 Å². The van der Waals surface area contributed by atoms with Gasteiger partial charge in [0, 0.05) is 17.1 Å². The third-order valence-electron chi connectivity index (χ3n) is 3.23. The van der Waals surface area contributed by atoms with E-state index in [-0.39, 0.29) is 0 Å². The van der Waals surface area contributed by atoms with Crippen LogP contribution in [-0.2, 0) is 6.42 Å². The Labute approximate surface area is 89.5 Å². The Bertz CT molecular complexity index is 357. The van der Waals surface area contributed by atoms with Crippen LogP contribution in [0.3, 0.4) is 0 Å². The van der Waals surface area contributed by atoms with Gasteiger partial charge in [0.15, 0.2) is 0 Å². The van der Waals surface area contributed by atoms with Gasteiger partial charge in [0.05, 0.1) is 0 Å². The average molecular weight is 208 g/mol. The molecule has 1 unspecified atom stereocenters. The van der Waals surface area contributed by atoms with E-state index >= 15 is 0 Å². The maximum Gasteiger partial charge on any atom is 0.0441 e. The first-order valence-electron chi connectivity index (χ1n) is 5.38. The van der Waals surface area contributed by atoms with E-state index < -0.39 is 0 Å². The van der Waals surface area contributed by atoms with E-state index in [9.17, 15) is 0 Å². The normalized spacial score (nSPS) is 25.1. The van der Waals surface area contributed by atoms with Gasteiger partial charge < -0.3 is 5.32 Å². The smallest absolute Gasteiger partial charge is 0.0441 e. The Hall–Kier alpha value is -0.530. The van der Waals surface area contributed by atoms with Crippen molar-refractivity contribution in [2.24, 2.45) is 0 Å². The highest BCUT2D eigenvalue weighted by Gasteiger charge is 2.29. The summed E-state index contributed by atoms with van der Waals surface area (Å²) in [6.07, 6.45) is 5.06. The molecule has 0 amide bonds. The number of nitrogens with one attached hydrogen (secondary N) is 1. The molecule has 1 atom stereocenters. The van der Waals surface area contributed by atoms with Crippen LogP contribution in [0.25, 0.3) is 0 Å². The zero-order valence-corrected chi connectivity index (χ0v) is 8.85. The molecule has 1 saturated carbocycles. The largest absolute Gasteiger partial charge is 0.307 e. The zero-order valence-electron chi connectivity index (χ0n) is 8.09. The summed E-state index contributed by atoms with van der Waals surface area (Å²) in [6, 6.07) is 7.63. The molecule has 0 spiro atoms. The van der Waals surface area contributed by atoms with Crippen molar-refractivity contribution in [1.82, 2.24) is 5.32 Å². The minimum Gasteiger partial charge on any atom is -0.307 e. The van der Waals surface area contributed by atoms with Gasteiger partial charge in [0.2, 0.25) is 0 Å². The van der Waals surface area contributed by atoms with Crippen LogP contribution in [0.15, 0.2) is 18.2 Å². The second kappa shape index (κ2) is 3.25. The molecular weight excluding hydrogens is 194 g/mol. The fourth-order valence-electron chi connectivity index (χ4n) is 2.32. The average Bonchev–Trinajstić information content (AvgIpc) is 2.88. The molecule has 0 aromatic heterocycles. The lowest BCUT2D eigenvalue weighted by Gasteiger charge is -2.13. The lowest BCUT2D eigenvalue weighted by Crippen LogP contribution is -2.21. The summed E-state index contributed by atoms with van der Waals surface area (Å²) in [5.41, 5.74) is 2.80. The molecule has 0 aliphatic heterocycles. The van der Waals surface area contributed by atoms with Gasteiger partial charge >= 0.3 is 0 Å². The van der Waals surface area contributed by atoms with Gasteiger partial charge in [-0.15, -0.1) is 0 Å². The van der Waals surface area contributed by atoms with Crippen LogP contribution in [-0.4, -0.2) is 6.04 Å². The summed E-state index contributed by atoms with van der Waals surface area (Å²) in [5, 5.41) is 4.62. The van der Waals surface area contributed by atoms with E-state index in [1.54, 1.807) is 0 Å². The van der Waals surface area contributed by atoms with E-state index in [1.165, 1.54) is 30.4 Å². The highest BCUT2D eigenvalue weighted by Crippen LogP contribution is 2.37. The van der Waals surface area contributed by atoms with Crippen LogP contribution in [0, 0.1) is 0 Å². The van der Waals surface area contributed by atoms with E-state index in [0.717, 1.165) is 17.5 Å². The summed E-state index contributed by atoms with van der Waals surface area (Å²) in [6.45, 7) is 0. The topological polar surface area (TPSA) is 12.0 Å². The van der Waals surface area contributed by atoms with E-state index in [4.69, 9.17) is 11.6 Å². The number of benzene rings is 1. The minimum absolute atomic E-state index is 0.566. The molecule has 2 aliphatic rings. The first-order chi connectivity index (χ1) is 6.84. The molecule has 0 saturated heterocycles. The van der Waals surface area contributed by atoms with Gasteiger partial charge in [0.1, 0.15) is 0 Å². The highest BCUT2D eigenvalue weighted by molar-refractivity contribution is 6.31. The molecule has 1 N–H and O–H groups in total. The zero-order chi connectivity index (χ0) is 9.54. The van der Waals surface area contributed by atoms with E-state index in [0.29, 0.717) is 6.04 Å². The maximum absolute atomic E-state index is 6.16. The standard InChI is InChI=1S/C12H14ClN/c13-11-3-1-2-10-9(11)6-7-12(10)14-8-4-5-8/h1-3,8,12,14H,4-7H2. The molecule has 0 heterocycles.